The fraction of sp³-hybridized carbons (Fsp3) is 0.333. The molecule has 0 aliphatic carbocycles. The van der Waals surface area contributed by atoms with E-state index in [2.05, 4.69) is 16.0 Å². The minimum absolute atomic E-state index is 0.0220. The molecule has 0 saturated carbocycles. The van der Waals surface area contributed by atoms with Gasteiger partial charge in [0.05, 0.1) is 6.04 Å². The van der Waals surface area contributed by atoms with Crippen LogP contribution in [0.3, 0.4) is 0 Å². The molecule has 1 atom stereocenters. The molecule has 5 heteroatoms. The van der Waals surface area contributed by atoms with E-state index >= 15 is 0 Å². The topological polar surface area (TPSA) is 70.2 Å². The van der Waals surface area contributed by atoms with Crippen LogP contribution in [0.1, 0.15) is 12.0 Å². The first kappa shape index (κ1) is 11.4. The lowest BCUT2D eigenvalue weighted by Crippen LogP contribution is -2.39. The summed E-state index contributed by atoms with van der Waals surface area (Å²) in [5, 5.41) is 8.18. The van der Waals surface area contributed by atoms with Gasteiger partial charge in [0, 0.05) is 18.7 Å². The largest absolute Gasteiger partial charge is 0.354 e. The molecule has 17 heavy (non-hydrogen) atoms. The standard InChI is InChI=1S/C12H15N3O2/c1-8-4-2-3-5-10(8)15-12(17)14-9-6-11(16)13-7-9/h2-5,9H,6-7H2,1H3,(H,13,16)(H2,14,15,17)/t9-/m0/s1. The van der Waals surface area contributed by atoms with E-state index in [1.807, 2.05) is 31.2 Å². The predicted molar refractivity (Wildman–Crippen MR) is 64.7 cm³/mol. The number of benzene rings is 1. The van der Waals surface area contributed by atoms with E-state index in [1.54, 1.807) is 0 Å². The minimum atomic E-state index is -0.277. The van der Waals surface area contributed by atoms with Gasteiger partial charge < -0.3 is 16.0 Å². The van der Waals surface area contributed by atoms with Gasteiger partial charge >= 0.3 is 6.03 Å². The summed E-state index contributed by atoms with van der Waals surface area (Å²) < 4.78 is 0. The Morgan fingerprint density at radius 1 is 1.41 bits per heavy atom. The van der Waals surface area contributed by atoms with Crippen LogP contribution in [-0.4, -0.2) is 24.5 Å². The molecule has 90 valence electrons. The fourth-order valence-corrected chi connectivity index (χ4v) is 1.76. The van der Waals surface area contributed by atoms with Gasteiger partial charge in [0.1, 0.15) is 0 Å². The van der Waals surface area contributed by atoms with Crippen molar-refractivity contribution in [2.45, 2.75) is 19.4 Å². The number of hydrogen-bond donors (Lipinski definition) is 3. The molecule has 2 rings (SSSR count). The van der Waals surface area contributed by atoms with Crippen LogP contribution in [0.5, 0.6) is 0 Å². The molecule has 3 N–H and O–H groups in total. The molecule has 1 aliphatic heterocycles. The van der Waals surface area contributed by atoms with Crippen LogP contribution >= 0.6 is 0 Å². The summed E-state index contributed by atoms with van der Waals surface area (Å²) in [5.74, 6) is -0.0220. The summed E-state index contributed by atoms with van der Waals surface area (Å²) in [4.78, 5) is 22.6. The molecule has 1 aromatic rings. The lowest BCUT2D eigenvalue weighted by molar-refractivity contribution is -0.119. The summed E-state index contributed by atoms with van der Waals surface area (Å²) in [7, 11) is 0. The van der Waals surface area contributed by atoms with E-state index in [4.69, 9.17) is 0 Å². The van der Waals surface area contributed by atoms with Crippen LogP contribution in [0.15, 0.2) is 24.3 Å². The molecule has 5 nitrogen and oxygen atoms in total. The maximum atomic E-state index is 11.7. The van der Waals surface area contributed by atoms with E-state index in [0.717, 1.165) is 11.3 Å². The summed E-state index contributed by atoms with van der Waals surface area (Å²) in [6.07, 6.45) is 0.348. The minimum Gasteiger partial charge on any atom is -0.354 e. The average Bonchev–Trinajstić information content (AvgIpc) is 2.67. The third-order valence-electron chi connectivity index (χ3n) is 2.71. The number of para-hydroxylation sites is 1. The van der Waals surface area contributed by atoms with Crippen molar-refractivity contribution in [1.29, 1.82) is 0 Å². The zero-order valence-electron chi connectivity index (χ0n) is 9.62. The Labute approximate surface area is 99.6 Å². The van der Waals surface area contributed by atoms with Crippen molar-refractivity contribution in [3.8, 4) is 0 Å². The Kier molecular flexibility index (Phi) is 3.27. The third kappa shape index (κ3) is 2.96. The normalized spacial score (nSPS) is 18.6. The molecule has 0 aromatic heterocycles. The van der Waals surface area contributed by atoms with Gasteiger partial charge in [-0.25, -0.2) is 4.79 Å². The predicted octanol–water partition coefficient (Wildman–Crippen LogP) is 1.01. The molecule has 1 aliphatic rings. The summed E-state index contributed by atoms with van der Waals surface area (Å²) in [6.45, 7) is 2.43. The monoisotopic (exact) mass is 233 g/mol. The second kappa shape index (κ2) is 4.86. The Morgan fingerprint density at radius 3 is 2.82 bits per heavy atom. The van der Waals surface area contributed by atoms with Crippen LogP contribution < -0.4 is 16.0 Å². The van der Waals surface area contributed by atoms with Crippen molar-refractivity contribution >= 4 is 17.6 Å². The van der Waals surface area contributed by atoms with Crippen LogP contribution in [0.4, 0.5) is 10.5 Å². The summed E-state index contributed by atoms with van der Waals surface area (Å²) >= 11 is 0. The van der Waals surface area contributed by atoms with Crippen LogP contribution in [-0.2, 0) is 4.79 Å². The van der Waals surface area contributed by atoms with Crippen LogP contribution in [0, 0.1) is 6.92 Å². The summed E-state index contributed by atoms with van der Waals surface area (Å²) in [5.41, 5.74) is 1.78. The number of nitrogens with one attached hydrogen (secondary N) is 3. The van der Waals surface area contributed by atoms with Crippen molar-refractivity contribution in [3.05, 3.63) is 29.8 Å². The average molecular weight is 233 g/mol. The number of anilines is 1. The van der Waals surface area contributed by atoms with E-state index < -0.39 is 0 Å². The van der Waals surface area contributed by atoms with Gasteiger partial charge in [-0.05, 0) is 18.6 Å². The maximum absolute atomic E-state index is 11.7. The fourth-order valence-electron chi connectivity index (χ4n) is 1.76. The second-order valence-electron chi connectivity index (χ2n) is 4.12. The zero-order valence-corrected chi connectivity index (χ0v) is 9.62. The number of hydrogen-bond acceptors (Lipinski definition) is 2. The second-order valence-corrected chi connectivity index (χ2v) is 4.12. The highest BCUT2D eigenvalue weighted by molar-refractivity contribution is 5.91. The maximum Gasteiger partial charge on any atom is 0.319 e. The van der Waals surface area contributed by atoms with Crippen molar-refractivity contribution in [2.75, 3.05) is 11.9 Å². The zero-order chi connectivity index (χ0) is 12.3. The van der Waals surface area contributed by atoms with Crippen LogP contribution in [0.2, 0.25) is 0 Å². The molecular weight excluding hydrogens is 218 g/mol. The molecule has 1 fully saturated rings. The highest BCUT2D eigenvalue weighted by Crippen LogP contribution is 2.12. The first-order valence-electron chi connectivity index (χ1n) is 5.55. The van der Waals surface area contributed by atoms with Crippen molar-refractivity contribution < 1.29 is 9.59 Å². The van der Waals surface area contributed by atoms with Gasteiger partial charge in [-0.1, -0.05) is 18.2 Å². The summed E-state index contributed by atoms with van der Waals surface area (Å²) in [6, 6.07) is 7.15. The van der Waals surface area contributed by atoms with Crippen LogP contribution in [0.25, 0.3) is 0 Å². The lowest BCUT2D eigenvalue weighted by Gasteiger charge is -2.12. The number of aryl methyl sites for hydroxylation is 1. The number of urea groups is 1. The number of carbonyl (C=O) groups is 2. The lowest BCUT2D eigenvalue weighted by atomic mass is 10.2. The Balaban J connectivity index is 1.89. The van der Waals surface area contributed by atoms with E-state index in [9.17, 15) is 9.59 Å². The van der Waals surface area contributed by atoms with Crippen molar-refractivity contribution in [1.82, 2.24) is 10.6 Å². The van der Waals surface area contributed by atoms with E-state index in [1.165, 1.54) is 0 Å². The van der Waals surface area contributed by atoms with Gasteiger partial charge in [-0.3, -0.25) is 4.79 Å². The Morgan fingerprint density at radius 2 is 2.18 bits per heavy atom. The molecule has 0 spiro atoms. The smallest absolute Gasteiger partial charge is 0.319 e. The number of rotatable bonds is 2. The van der Waals surface area contributed by atoms with E-state index in [-0.39, 0.29) is 18.0 Å². The number of amides is 3. The first-order chi connectivity index (χ1) is 8.15. The van der Waals surface area contributed by atoms with Gasteiger partial charge in [0.2, 0.25) is 5.91 Å². The molecule has 0 bridgehead atoms. The van der Waals surface area contributed by atoms with Gasteiger partial charge in [-0.15, -0.1) is 0 Å². The SMILES string of the molecule is Cc1ccccc1NC(=O)N[C@@H]1CNC(=O)C1. The molecule has 1 saturated heterocycles. The first-order valence-corrected chi connectivity index (χ1v) is 5.55. The van der Waals surface area contributed by atoms with E-state index in [0.29, 0.717) is 13.0 Å². The number of carbonyl (C=O) groups excluding carboxylic acids is 2. The quantitative estimate of drug-likeness (QED) is 0.713. The third-order valence-corrected chi connectivity index (χ3v) is 2.71. The molecule has 1 heterocycles. The Hall–Kier alpha value is -2.04. The van der Waals surface area contributed by atoms with Crippen molar-refractivity contribution in [2.24, 2.45) is 0 Å². The molecule has 0 radical (unpaired) electrons. The van der Waals surface area contributed by atoms with Gasteiger partial charge in [0.25, 0.3) is 0 Å². The molecule has 1 aromatic carbocycles. The Bertz CT molecular complexity index is 445. The van der Waals surface area contributed by atoms with Gasteiger partial charge in [0.15, 0.2) is 0 Å². The van der Waals surface area contributed by atoms with Crippen molar-refractivity contribution in [3.63, 3.8) is 0 Å². The highest BCUT2D eigenvalue weighted by Gasteiger charge is 2.22. The van der Waals surface area contributed by atoms with Gasteiger partial charge in [-0.2, -0.15) is 0 Å². The molecule has 0 unspecified atom stereocenters. The molecule has 3 amide bonds. The molecular formula is C12H15N3O2. The highest BCUT2D eigenvalue weighted by atomic mass is 16.2.